The molecule has 4 heteroatoms. The van der Waals surface area contributed by atoms with Crippen molar-refractivity contribution in [2.24, 2.45) is 5.16 Å². The summed E-state index contributed by atoms with van der Waals surface area (Å²) in [7, 11) is 0. The molecule has 0 fully saturated rings. The van der Waals surface area contributed by atoms with E-state index in [1.165, 1.54) is 0 Å². The first-order valence-electron chi connectivity index (χ1n) is 8.57. The highest BCUT2D eigenvalue weighted by Gasteiger charge is 2.13. The lowest BCUT2D eigenvalue weighted by molar-refractivity contribution is 0.0510. The first-order chi connectivity index (χ1) is 13.3. The maximum absolute atomic E-state index is 12.5. The van der Waals surface area contributed by atoms with Gasteiger partial charge in [0, 0.05) is 16.5 Å². The van der Waals surface area contributed by atoms with E-state index in [1.54, 1.807) is 6.07 Å². The van der Waals surface area contributed by atoms with E-state index in [4.69, 9.17) is 4.84 Å². The van der Waals surface area contributed by atoms with Crippen molar-refractivity contribution in [3.63, 3.8) is 0 Å². The van der Waals surface area contributed by atoms with Crippen LogP contribution in [0, 0.1) is 0 Å². The maximum atomic E-state index is 12.5. The first-order valence-corrected chi connectivity index (χ1v) is 8.57. The summed E-state index contributed by atoms with van der Waals surface area (Å²) < 4.78 is 0. The summed E-state index contributed by atoms with van der Waals surface area (Å²) in [4.78, 5) is 22.1. The van der Waals surface area contributed by atoms with Crippen LogP contribution in [0.4, 0.5) is 0 Å². The van der Waals surface area contributed by atoms with Gasteiger partial charge in [0.05, 0.1) is 5.52 Å². The van der Waals surface area contributed by atoms with Crippen LogP contribution in [0.3, 0.4) is 0 Å². The van der Waals surface area contributed by atoms with E-state index in [9.17, 15) is 4.79 Å². The van der Waals surface area contributed by atoms with Crippen LogP contribution in [0.2, 0.25) is 0 Å². The molecule has 130 valence electrons. The zero-order valence-corrected chi connectivity index (χ0v) is 14.4. The third-order valence-corrected chi connectivity index (χ3v) is 4.12. The monoisotopic (exact) mass is 352 g/mol. The smallest absolute Gasteiger partial charge is 0.310 e. The summed E-state index contributed by atoms with van der Waals surface area (Å²) >= 11 is 0. The van der Waals surface area contributed by atoms with E-state index in [2.05, 4.69) is 10.1 Å². The van der Waals surface area contributed by atoms with Crippen LogP contribution < -0.4 is 0 Å². The van der Waals surface area contributed by atoms with Gasteiger partial charge in [0.15, 0.2) is 5.69 Å². The number of pyridine rings is 1. The first kappa shape index (κ1) is 16.7. The molecule has 0 aliphatic rings. The van der Waals surface area contributed by atoms with E-state index in [0.29, 0.717) is 5.71 Å². The van der Waals surface area contributed by atoms with E-state index < -0.39 is 5.97 Å². The van der Waals surface area contributed by atoms with Crippen molar-refractivity contribution >= 4 is 22.6 Å². The summed E-state index contributed by atoms with van der Waals surface area (Å²) in [5.41, 5.74) is 3.27. The van der Waals surface area contributed by atoms with Crippen molar-refractivity contribution in [1.82, 2.24) is 4.98 Å². The summed E-state index contributed by atoms with van der Waals surface area (Å²) in [6.07, 6.45) is 0. The van der Waals surface area contributed by atoms with Crippen molar-refractivity contribution in [3.8, 4) is 0 Å². The van der Waals surface area contributed by atoms with Gasteiger partial charge in [-0.1, -0.05) is 90.1 Å². The van der Waals surface area contributed by atoms with Crippen LogP contribution in [-0.4, -0.2) is 16.7 Å². The Kier molecular flexibility index (Phi) is 4.70. The van der Waals surface area contributed by atoms with E-state index >= 15 is 0 Å². The number of rotatable bonds is 4. The van der Waals surface area contributed by atoms with Crippen molar-refractivity contribution in [2.45, 2.75) is 0 Å². The number of carbonyl (C=O) groups is 1. The van der Waals surface area contributed by atoms with Crippen molar-refractivity contribution in [2.75, 3.05) is 0 Å². The molecule has 0 aliphatic heterocycles. The summed E-state index contributed by atoms with van der Waals surface area (Å²) in [5, 5.41) is 5.11. The molecule has 0 atom stereocenters. The normalized spacial score (nSPS) is 10.4. The Labute approximate surface area is 156 Å². The van der Waals surface area contributed by atoms with E-state index in [-0.39, 0.29) is 5.69 Å². The average molecular weight is 352 g/mol. The van der Waals surface area contributed by atoms with Gasteiger partial charge in [0.2, 0.25) is 0 Å². The van der Waals surface area contributed by atoms with Crippen LogP contribution in [0.1, 0.15) is 21.6 Å². The molecule has 3 aromatic carbocycles. The highest BCUT2D eigenvalue weighted by molar-refractivity contribution is 6.12. The number of hydrogen-bond acceptors (Lipinski definition) is 4. The van der Waals surface area contributed by atoms with Gasteiger partial charge in [-0.3, -0.25) is 0 Å². The SMILES string of the molecule is O=C(ON=C(c1ccccc1)c1ccccc1)c1ccc2ccccc2n1. The second-order valence-electron chi connectivity index (χ2n) is 5.94. The molecule has 4 rings (SSSR count). The predicted molar refractivity (Wildman–Crippen MR) is 106 cm³/mol. The Morgan fingerprint density at radius 1 is 0.704 bits per heavy atom. The molecule has 27 heavy (non-hydrogen) atoms. The lowest BCUT2D eigenvalue weighted by Crippen LogP contribution is -2.09. The van der Waals surface area contributed by atoms with Gasteiger partial charge in [-0.15, -0.1) is 0 Å². The molecule has 1 heterocycles. The third kappa shape index (κ3) is 3.75. The van der Waals surface area contributed by atoms with Crippen molar-refractivity contribution in [3.05, 3.63) is 114 Å². The van der Waals surface area contributed by atoms with Gasteiger partial charge in [0.1, 0.15) is 5.71 Å². The van der Waals surface area contributed by atoms with Gasteiger partial charge in [-0.25, -0.2) is 9.78 Å². The molecule has 0 saturated heterocycles. The largest absolute Gasteiger partial charge is 0.383 e. The van der Waals surface area contributed by atoms with Crippen LogP contribution in [0.25, 0.3) is 10.9 Å². The molecule has 0 bridgehead atoms. The maximum Gasteiger partial charge on any atom is 0.383 e. The lowest BCUT2D eigenvalue weighted by Gasteiger charge is -2.07. The minimum atomic E-state index is -0.592. The Morgan fingerprint density at radius 3 is 1.96 bits per heavy atom. The topological polar surface area (TPSA) is 51.5 Å². The van der Waals surface area contributed by atoms with E-state index in [1.807, 2.05) is 91.0 Å². The fourth-order valence-corrected chi connectivity index (χ4v) is 2.78. The Balaban J connectivity index is 1.65. The number of benzene rings is 3. The Bertz CT molecular complexity index is 1070. The molecule has 0 aliphatic carbocycles. The number of aromatic nitrogens is 1. The lowest BCUT2D eigenvalue weighted by atomic mass is 10.0. The molecule has 0 saturated carbocycles. The number of para-hydroxylation sites is 1. The summed E-state index contributed by atoms with van der Waals surface area (Å²) in [5.74, 6) is -0.592. The zero-order chi connectivity index (χ0) is 18.5. The Hall–Kier alpha value is -3.79. The average Bonchev–Trinajstić information content (AvgIpc) is 2.75. The summed E-state index contributed by atoms with van der Waals surface area (Å²) in [6, 6.07) is 30.3. The van der Waals surface area contributed by atoms with Crippen LogP contribution in [0.5, 0.6) is 0 Å². The van der Waals surface area contributed by atoms with Crippen LogP contribution in [0.15, 0.2) is 102 Å². The number of carbonyl (C=O) groups excluding carboxylic acids is 1. The van der Waals surface area contributed by atoms with Gasteiger partial charge >= 0.3 is 5.97 Å². The van der Waals surface area contributed by atoms with Gasteiger partial charge in [-0.2, -0.15) is 0 Å². The molecule has 0 spiro atoms. The van der Waals surface area contributed by atoms with Gasteiger partial charge in [-0.05, 0) is 12.1 Å². The fraction of sp³-hybridized carbons (Fsp3) is 0. The Morgan fingerprint density at radius 2 is 1.30 bits per heavy atom. The molecular weight excluding hydrogens is 336 g/mol. The predicted octanol–water partition coefficient (Wildman–Crippen LogP) is 4.84. The molecule has 0 amide bonds. The minimum Gasteiger partial charge on any atom is -0.310 e. The van der Waals surface area contributed by atoms with Crippen molar-refractivity contribution < 1.29 is 9.63 Å². The zero-order valence-electron chi connectivity index (χ0n) is 14.4. The molecule has 0 N–H and O–H groups in total. The number of fused-ring (bicyclic) bond motifs is 1. The second-order valence-corrected chi connectivity index (χ2v) is 5.94. The minimum absolute atomic E-state index is 0.220. The molecular formula is C23H16N2O2. The highest BCUT2D eigenvalue weighted by Crippen LogP contribution is 2.14. The molecule has 4 nitrogen and oxygen atoms in total. The highest BCUT2D eigenvalue weighted by atomic mass is 16.7. The fourth-order valence-electron chi connectivity index (χ4n) is 2.78. The van der Waals surface area contributed by atoms with E-state index in [0.717, 1.165) is 22.0 Å². The summed E-state index contributed by atoms with van der Waals surface area (Å²) in [6.45, 7) is 0. The van der Waals surface area contributed by atoms with Gasteiger partial charge in [0.25, 0.3) is 0 Å². The molecule has 0 radical (unpaired) electrons. The molecule has 1 aromatic heterocycles. The number of hydrogen-bond donors (Lipinski definition) is 0. The van der Waals surface area contributed by atoms with Crippen molar-refractivity contribution in [1.29, 1.82) is 0 Å². The second kappa shape index (κ2) is 7.62. The van der Waals surface area contributed by atoms with Crippen LogP contribution in [-0.2, 0) is 4.84 Å². The standard InChI is InChI=1S/C23H16N2O2/c26-23(21-16-15-17-9-7-8-14-20(17)24-21)27-25-22(18-10-3-1-4-11-18)19-12-5-2-6-13-19/h1-16H. The molecule has 4 aromatic rings. The third-order valence-electron chi connectivity index (χ3n) is 4.12. The quantitative estimate of drug-likeness (QED) is 0.300. The molecule has 0 unspecified atom stereocenters. The number of oxime groups is 1. The number of nitrogens with zero attached hydrogens (tertiary/aromatic N) is 2. The van der Waals surface area contributed by atoms with Gasteiger partial charge < -0.3 is 4.84 Å². The van der Waals surface area contributed by atoms with Crippen LogP contribution >= 0.6 is 0 Å².